The summed E-state index contributed by atoms with van der Waals surface area (Å²) < 4.78 is 7.79. The van der Waals surface area contributed by atoms with Crippen LogP contribution in [0, 0.1) is 0 Å². The number of carbonyl (C=O) groups is 1. The van der Waals surface area contributed by atoms with Crippen LogP contribution in [0.25, 0.3) is 16.6 Å². The number of hydrogen-bond donors (Lipinski definition) is 1. The van der Waals surface area contributed by atoms with Crippen molar-refractivity contribution in [2.45, 2.75) is 6.61 Å². The van der Waals surface area contributed by atoms with Crippen LogP contribution in [0.15, 0.2) is 79.1 Å². The van der Waals surface area contributed by atoms with Crippen molar-refractivity contribution in [3.63, 3.8) is 0 Å². The summed E-state index contributed by atoms with van der Waals surface area (Å²) in [7, 11) is 0. The number of rotatable bonds is 5. The fourth-order valence-electron chi connectivity index (χ4n) is 3.12. The standard InChI is InChI=1S/C22H16ClNO3/c23-16-9-10-20(27-14-15-6-2-1-3-7-15)17(12-16)18-13-24-11-5-4-8-19(24)21(18)22(25)26/h1-13H,14H2,(H,25,26). The Labute approximate surface area is 161 Å². The molecule has 0 bridgehead atoms. The highest BCUT2D eigenvalue weighted by molar-refractivity contribution is 6.31. The molecule has 0 atom stereocenters. The lowest BCUT2D eigenvalue weighted by Crippen LogP contribution is -2.00. The molecule has 4 aromatic rings. The van der Waals surface area contributed by atoms with Gasteiger partial charge in [0.05, 0.1) is 11.1 Å². The number of aromatic nitrogens is 1. The van der Waals surface area contributed by atoms with E-state index >= 15 is 0 Å². The maximum Gasteiger partial charge on any atom is 0.338 e. The summed E-state index contributed by atoms with van der Waals surface area (Å²) in [5, 5.41) is 10.3. The predicted octanol–water partition coefficient (Wildman–Crippen LogP) is 5.54. The van der Waals surface area contributed by atoms with E-state index < -0.39 is 5.97 Å². The molecule has 0 unspecified atom stereocenters. The van der Waals surface area contributed by atoms with E-state index in [9.17, 15) is 9.90 Å². The van der Waals surface area contributed by atoms with Crippen LogP contribution < -0.4 is 4.74 Å². The molecule has 0 aliphatic heterocycles. The van der Waals surface area contributed by atoms with Gasteiger partial charge in [0.1, 0.15) is 12.4 Å². The molecular formula is C22H16ClNO3. The molecule has 2 aromatic carbocycles. The van der Waals surface area contributed by atoms with Crippen molar-refractivity contribution >= 4 is 23.1 Å². The molecule has 4 nitrogen and oxygen atoms in total. The van der Waals surface area contributed by atoms with E-state index in [2.05, 4.69) is 0 Å². The Kier molecular flexibility index (Phi) is 4.57. The normalized spacial score (nSPS) is 10.9. The highest BCUT2D eigenvalue weighted by atomic mass is 35.5. The highest BCUT2D eigenvalue weighted by Gasteiger charge is 2.21. The zero-order chi connectivity index (χ0) is 18.8. The van der Waals surface area contributed by atoms with Gasteiger partial charge in [-0.25, -0.2) is 4.79 Å². The smallest absolute Gasteiger partial charge is 0.338 e. The third-order valence-corrected chi connectivity index (χ3v) is 4.60. The van der Waals surface area contributed by atoms with Crippen LogP contribution in [0.3, 0.4) is 0 Å². The molecule has 1 N–H and O–H groups in total. The molecular weight excluding hydrogens is 362 g/mol. The topological polar surface area (TPSA) is 50.9 Å². The summed E-state index contributed by atoms with van der Waals surface area (Å²) in [6.45, 7) is 0.380. The van der Waals surface area contributed by atoms with E-state index in [0.717, 1.165) is 5.56 Å². The molecule has 4 rings (SSSR count). The summed E-state index contributed by atoms with van der Waals surface area (Å²) in [4.78, 5) is 12.0. The van der Waals surface area contributed by atoms with E-state index in [4.69, 9.17) is 16.3 Å². The minimum atomic E-state index is -0.993. The van der Waals surface area contributed by atoms with Gasteiger partial charge in [0.15, 0.2) is 0 Å². The number of carboxylic acids is 1. The lowest BCUT2D eigenvalue weighted by atomic mass is 10.0. The minimum absolute atomic E-state index is 0.224. The summed E-state index contributed by atoms with van der Waals surface area (Å²) in [5.41, 5.74) is 3.09. The summed E-state index contributed by atoms with van der Waals surface area (Å²) in [6.07, 6.45) is 3.61. The van der Waals surface area contributed by atoms with Crippen LogP contribution in [-0.2, 0) is 6.61 Å². The Bertz CT molecular complexity index is 1120. The zero-order valence-corrected chi connectivity index (χ0v) is 15.1. The summed E-state index contributed by atoms with van der Waals surface area (Å²) in [6, 6.07) is 20.5. The molecule has 5 heteroatoms. The van der Waals surface area contributed by atoms with Gasteiger partial charge in [0.2, 0.25) is 0 Å². The van der Waals surface area contributed by atoms with Crippen molar-refractivity contribution in [1.29, 1.82) is 0 Å². The summed E-state index contributed by atoms with van der Waals surface area (Å²) >= 11 is 6.20. The molecule has 134 valence electrons. The van der Waals surface area contributed by atoms with Gasteiger partial charge in [-0.2, -0.15) is 0 Å². The fourth-order valence-corrected chi connectivity index (χ4v) is 3.30. The highest BCUT2D eigenvalue weighted by Crippen LogP contribution is 2.37. The molecule has 0 spiro atoms. The van der Waals surface area contributed by atoms with E-state index in [-0.39, 0.29) is 5.56 Å². The molecule has 2 heterocycles. The number of nitrogens with zero attached hydrogens (tertiary/aromatic N) is 1. The van der Waals surface area contributed by atoms with Crippen LogP contribution in [0.4, 0.5) is 0 Å². The van der Waals surface area contributed by atoms with Gasteiger partial charge in [-0.15, -0.1) is 0 Å². The second kappa shape index (κ2) is 7.17. The lowest BCUT2D eigenvalue weighted by molar-refractivity contribution is 0.0700. The average Bonchev–Trinajstić information content (AvgIpc) is 3.07. The maximum atomic E-state index is 12.0. The molecule has 2 aromatic heterocycles. The van der Waals surface area contributed by atoms with Gasteiger partial charge >= 0.3 is 5.97 Å². The zero-order valence-electron chi connectivity index (χ0n) is 14.3. The first-order valence-corrected chi connectivity index (χ1v) is 8.81. The first-order chi connectivity index (χ1) is 13.1. The number of pyridine rings is 1. The second-order valence-corrected chi connectivity index (χ2v) is 6.57. The third kappa shape index (κ3) is 3.39. The van der Waals surface area contributed by atoms with E-state index in [1.807, 2.05) is 48.7 Å². The van der Waals surface area contributed by atoms with Crippen LogP contribution >= 0.6 is 11.6 Å². The van der Waals surface area contributed by atoms with Gasteiger partial charge < -0.3 is 14.2 Å². The monoisotopic (exact) mass is 377 g/mol. The van der Waals surface area contributed by atoms with Crippen molar-refractivity contribution < 1.29 is 14.6 Å². The van der Waals surface area contributed by atoms with Crippen molar-refractivity contribution in [1.82, 2.24) is 4.40 Å². The van der Waals surface area contributed by atoms with Crippen molar-refractivity contribution in [2.24, 2.45) is 0 Å². The molecule has 0 saturated heterocycles. The number of fused-ring (bicyclic) bond motifs is 1. The lowest BCUT2D eigenvalue weighted by Gasteiger charge is -2.12. The summed E-state index contributed by atoms with van der Waals surface area (Å²) in [5.74, 6) is -0.408. The van der Waals surface area contributed by atoms with Crippen molar-refractivity contribution in [3.05, 3.63) is 95.3 Å². The Morgan fingerprint density at radius 1 is 1.00 bits per heavy atom. The molecule has 0 saturated carbocycles. The first-order valence-electron chi connectivity index (χ1n) is 8.43. The molecule has 0 aliphatic rings. The Morgan fingerprint density at radius 3 is 2.56 bits per heavy atom. The number of benzene rings is 2. The van der Waals surface area contributed by atoms with Crippen LogP contribution in [0.5, 0.6) is 5.75 Å². The maximum absolute atomic E-state index is 12.0. The van der Waals surface area contributed by atoms with Gasteiger partial charge in [-0.1, -0.05) is 48.0 Å². The number of aromatic carboxylic acids is 1. The Morgan fingerprint density at radius 2 is 1.78 bits per heavy atom. The Balaban J connectivity index is 1.82. The average molecular weight is 378 g/mol. The van der Waals surface area contributed by atoms with Crippen molar-refractivity contribution in [3.8, 4) is 16.9 Å². The van der Waals surface area contributed by atoms with Gasteiger partial charge in [0, 0.05) is 28.5 Å². The molecule has 27 heavy (non-hydrogen) atoms. The molecule has 0 aliphatic carbocycles. The van der Waals surface area contributed by atoms with E-state index in [0.29, 0.717) is 34.0 Å². The fraction of sp³-hybridized carbons (Fsp3) is 0.0455. The second-order valence-electron chi connectivity index (χ2n) is 6.13. The van der Waals surface area contributed by atoms with E-state index in [1.54, 1.807) is 34.9 Å². The molecule has 0 fully saturated rings. The van der Waals surface area contributed by atoms with Crippen LogP contribution in [-0.4, -0.2) is 15.5 Å². The third-order valence-electron chi connectivity index (χ3n) is 4.37. The van der Waals surface area contributed by atoms with E-state index in [1.165, 1.54) is 0 Å². The number of ether oxygens (including phenoxy) is 1. The van der Waals surface area contributed by atoms with Crippen molar-refractivity contribution in [2.75, 3.05) is 0 Å². The first kappa shape index (κ1) is 17.2. The van der Waals surface area contributed by atoms with Crippen LogP contribution in [0.2, 0.25) is 5.02 Å². The number of halogens is 1. The SMILES string of the molecule is O=C(O)c1c(-c2cc(Cl)ccc2OCc2ccccc2)cn2ccccc12. The quantitative estimate of drug-likeness (QED) is 0.497. The van der Waals surface area contributed by atoms with Gasteiger partial charge in [-0.3, -0.25) is 0 Å². The number of carboxylic acid groups (broad SMARTS) is 1. The molecule has 0 radical (unpaired) electrons. The largest absolute Gasteiger partial charge is 0.488 e. The van der Waals surface area contributed by atoms with Crippen LogP contribution in [0.1, 0.15) is 15.9 Å². The molecule has 0 amide bonds. The van der Waals surface area contributed by atoms with Gasteiger partial charge in [0.25, 0.3) is 0 Å². The minimum Gasteiger partial charge on any atom is -0.488 e. The predicted molar refractivity (Wildman–Crippen MR) is 106 cm³/mol. The Hall–Kier alpha value is -3.24. The van der Waals surface area contributed by atoms with Gasteiger partial charge in [-0.05, 0) is 35.9 Å². The number of hydrogen-bond acceptors (Lipinski definition) is 2.